The lowest BCUT2D eigenvalue weighted by Crippen LogP contribution is -2.52. The first kappa shape index (κ1) is 33.0. The van der Waals surface area contributed by atoms with E-state index in [2.05, 4.69) is 5.32 Å². The van der Waals surface area contributed by atoms with Gasteiger partial charge in [0.25, 0.3) is 10.0 Å². The number of nitrogens with one attached hydrogen (secondary N) is 1. The highest BCUT2D eigenvalue weighted by Gasteiger charge is 2.34. The number of benzene rings is 3. The van der Waals surface area contributed by atoms with Gasteiger partial charge in [0.05, 0.1) is 24.8 Å². The molecule has 0 saturated carbocycles. The monoisotopic (exact) mass is 635 g/mol. The minimum Gasteiger partial charge on any atom is -0.497 e. The van der Waals surface area contributed by atoms with E-state index in [9.17, 15) is 18.0 Å². The quantitative estimate of drug-likeness (QED) is 0.264. The second kappa shape index (κ2) is 14.6. The van der Waals surface area contributed by atoms with Crippen LogP contribution in [0.5, 0.6) is 11.5 Å². The fraction of sp³-hybridized carbons (Fsp3) is 0.333. The van der Waals surface area contributed by atoms with E-state index in [1.54, 1.807) is 49.4 Å². The molecule has 0 aliphatic heterocycles. The van der Waals surface area contributed by atoms with Gasteiger partial charge < -0.3 is 19.7 Å². The van der Waals surface area contributed by atoms with Crippen molar-refractivity contribution < 1.29 is 27.5 Å². The minimum absolute atomic E-state index is 0.0646. The van der Waals surface area contributed by atoms with Crippen LogP contribution in [0.4, 0.5) is 5.69 Å². The largest absolute Gasteiger partial charge is 0.497 e. The zero-order valence-corrected chi connectivity index (χ0v) is 26.5. The Morgan fingerprint density at radius 2 is 1.52 bits per heavy atom. The molecular weight excluding hydrogens is 601 g/mol. The summed E-state index contributed by atoms with van der Waals surface area (Å²) in [6.07, 6.45) is 0.685. The van der Waals surface area contributed by atoms with Crippen LogP contribution < -0.4 is 19.1 Å². The molecule has 0 unspecified atom stereocenters. The van der Waals surface area contributed by atoms with Gasteiger partial charge in [-0.3, -0.25) is 13.9 Å². The molecule has 3 rings (SSSR count). The molecule has 9 nitrogen and oxygen atoms in total. The molecule has 0 bridgehead atoms. The van der Waals surface area contributed by atoms with Gasteiger partial charge in [0.15, 0.2) is 0 Å². The average molecular weight is 637 g/mol. The Hall–Kier alpha value is -3.47. The molecule has 0 spiro atoms. The maximum absolute atomic E-state index is 14.1. The number of halogens is 2. The van der Waals surface area contributed by atoms with Gasteiger partial charge >= 0.3 is 0 Å². The molecule has 2 atom stereocenters. The molecule has 0 aliphatic rings. The number of para-hydroxylation sites is 2. The van der Waals surface area contributed by atoms with Gasteiger partial charge in [0.2, 0.25) is 11.8 Å². The average Bonchev–Trinajstić information content (AvgIpc) is 2.99. The Morgan fingerprint density at radius 3 is 2.10 bits per heavy atom. The SMILES string of the molecule is CC[C@@H](C)NC(=O)[C@H](C)N(Cc1c(Cl)cccc1Cl)C(=O)CN(c1ccccc1OC)S(=O)(=O)c1ccc(OC)cc1. The number of anilines is 1. The van der Waals surface area contributed by atoms with Crippen LogP contribution in [0.15, 0.2) is 71.6 Å². The predicted molar refractivity (Wildman–Crippen MR) is 165 cm³/mol. The highest BCUT2D eigenvalue weighted by Crippen LogP contribution is 2.33. The summed E-state index contributed by atoms with van der Waals surface area (Å²) in [7, 11) is -1.42. The zero-order valence-electron chi connectivity index (χ0n) is 24.1. The van der Waals surface area contributed by atoms with Crippen LogP contribution in [0, 0.1) is 0 Å². The molecule has 0 aliphatic carbocycles. The van der Waals surface area contributed by atoms with Crippen LogP contribution >= 0.6 is 23.2 Å². The summed E-state index contributed by atoms with van der Waals surface area (Å²) >= 11 is 12.9. The first-order valence-corrected chi connectivity index (χ1v) is 15.5. The third kappa shape index (κ3) is 7.67. The number of rotatable bonds is 13. The third-order valence-corrected chi connectivity index (χ3v) is 9.32. The topological polar surface area (TPSA) is 105 Å². The maximum Gasteiger partial charge on any atom is 0.264 e. The second-order valence-corrected chi connectivity index (χ2v) is 12.3. The summed E-state index contributed by atoms with van der Waals surface area (Å²) in [6, 6.07) is 16.1. The first-order valence-electron chi connectivity index (χ1n) is 13.3. The van der Waals surface area contributed by atoms with Crippen LogP contribution in [0.3, 0.4) is 0 Å². The van der Waals surface area contributed by atoms with Crippen LogP contribution in [0.1, 0.15) is 32.8 Å². The Balaban J connectivity index is 2.10. The van der Waals surface area contributed by atoms with Crippen LogP contribution in [-0.4, -0.2) is 58.0 Å². The normalized spacial score (nSPS) is 12.6. The van der Waals surface area contributed by atoms with Crippen LogP contribution in [0.2, 0.25) is 10.0 Å². The summed E-state index contributed by atoms with van der Waals surface area (Å²) in [5.74, 6) is -0.341. The molecule has 0 radical (unpaired) electrons. The minimum atomic E-state index is -4.30. The molecule has 12 heteroatoms. The number of nitrogens with zero attached hydrogens (tertiary/aromatic N) is 2. The lowest BCUT2D eigenvalue weighted by molar-refractivity contribution is -0.139. The number of ether oxygens (including phenoxy) is 2. The number of carbonyl (C=O) groups is 2. The molecule has 2 amide bonds. The van der Waals surface area contributed by atoms with Crippen molar-refractivity contribution in [2.24, 2.45) is 0 Å². The Morgan fingerprint density at radius 1 is 0.905 bits per heavy atom. The van der Waals surface area contributed by atoms with Gasteiger partial charge in [-0.1, -0.05) is 48.3 Å². The summed E-state index contributed by atoms with van der Waals surface area (Å²) in [6.45, 7) is 4.59. The predicted octanol–water partition coefficient (Wildman–Crippen LogP) is 5.54. The van der Waals surface area contributed by atoms with E-state index in [1.807, 2.05) is 13.8 Å². The maximum atomic E-state index is 14.1. The summed E-state index contributed by atoms with van der Waals surface area (Å²) < 4.78 is 39.7. The van der Waals surface area contributed by atoms with Crippen molar-refractivity contribution in [2.45, 2.75) is 50.7 Å². The molecule has 1 N–H and O–H groups in total. The summed E-state index contributed by atoms with van der Waals surface area (Å²) in [5.41, 5.74) is 0.579. The molecule has 3 aromatic rings. The first-order chi connectivity index (χ1) is 19.9. The van der Waals surface area contributed by atoms with Crippen molar-refractivity contribution in [1.82, 2.24) is 10.2 Å². The Bertz CT molecular complexity index is 1480. The molecule has 0 heterocycles. The van der Waals surface area contributed by atoms with Gasteiger partial charge in [-0.2, -0.15) is 0 Å². The van der Waals surface area contributed by atoms with Gasteiger partial charge in [-0.15, -0.1) is 0 Å². The van der Waals surface area contributed by atoms with Crippen molar-refractivity contribution in [1.29, 1.82) is 0 Å². The van der Waals surface area contributed by atoms with Gasteiger partial charge in [0, 0.05) is 28.2 Å². The van der Waals surface area contributed by atoms with Crippen molar-refractivity contribution in [3.63, 3.8) is 0 Å². The smallest absolute Gasteiger partial charge is 0.264 e. The van der Waals surface area contributed by atoms with Gasteiger partial charge in [0.1, 0.15) is 24.1 Å². The van der Waals surface area contributed by atoms with E-state index < -0.39 is 34.4 Å². The van der Waals surface area contributed by atoms with Crippen molar-refractivity contribution in [2.75, 3.05) is 25.1 Å². The molecule has 3 aromatic carbocycles. The van der Waals surface area contributed by atoms with Crippen LogP contribution in [-0.2, 0) is 26.2 Å². The third-order valence-electron chi connectivity index (χ3n) is 6.84. The van der Waals surface area contributed by atoms with E-state index in [4.69, 9.17) is 32.7 Å². The van der Waals surface area contributed by atoms with Crippen LogP contribution in [0.25, 0.3) is 0 Å². The Labute approximate surface area is 257 Å². The molecular formula is C30H35Cl2N3O6S. The van der Waals surface area contributed by atoms with Crippen molar-refractivity contribution in [3.05, 3.63) is 82.3 Å². The summed E-state index contributed by atoms with van der Waals surface area (Å²) in [5, 5.41) is 3.50. The molecule has 226 valence electrons. The van der Waals surface area contributed by atoms with Crippen molar-refractivity contribution >= 4 is 50.7 Å². The number of hydrogen-bond acceptors (Lipinski definition) is 6. The second-order valence-electron chi connectivity index (χ2n) is 9.57. The van der Waals surface area contributed by atoms with E-state index in [0.717, 1.165) is 4.31 Å². The van der Waals surface area contributed by atoms with E-state index in [0.29, 0.717) is 27.8 Å². The van der Waals surface area contributed by atoms with Gasteiger partial charge in [-0.25, -0.2) is 8.42 Å². The van der Waals surface area contributed by atoms with E-state index >= 15 is 0 Å². The number of carbonyl (C=O) groups excluding carboxylic acids is 2. The Kier molecular flexibility index (Phi) is 11.5. The number of amides is 2. The fourth-order valence-electron chi connectivity index (χ4n) is 4.13. The highest BCUT2D eigenvalue weighted by molar-refractivity contribution is 7.92. The fourth-order valence-corrected chi connectivity index (χ4v) is 6.07. The molecule has 0 aromatic heterocycles. The van der Waals surface area contributed by atoms with E-state index in [1.165, 1.54) is 43.4 Å². The molecule has 42 heavy (non-hydrogen) atoms. The van der Waals surface area contributed by atoms with Gasteiger partial charge in [-0.05, 0) is 68.8 Å². The number of methoxy groups -OCH3 is 2. The zero-order chi connectivity index (χ0) is 31.0. The summed E-state index contributed by atoms with van der Waals surface area (Å²) in [4.78, 5) is 28.6. The lowest BCUT2D eigenvalue weighted by atomic mass is 10.1. The molecule has 0 saturated heterocycles. The number of hydrogen-bond donors (Lipinski definition) is 1. The lowest BCUT2D eigenvalue weighted by Gasteiger charge is -2.33. The standard InChI is InChI=1S/C30H35Cl2N3O6S/c1-6-20(2)33-30(37)21(3)34(18-24-25(31)10-9-11-26(24)32)29(36)19-35(27-12-7-8-13-28(27)41-5)42(38,39)23-16-14-22(40-4)15-17-23/h7-17,20-21H,6,18-19H2,1-5H3,(H,33,37)/t20-,21+/m1/s1. The van der Waals surface area contributed by atoms with E-state index in [-0.39, 0.29) is 28.9 Å². The number of sulfonamides is 1. The van der Waals surface area contributed by atoms with Crippen molar-refractivity contribution in [3.8, 4) is 11.5 Å². The molecule has 0 fully saturated rings. The highest BCUT2D eigenvalue weighted by atomic mass is 35.5.